The quantitative estimate of drug-likeness (QED) is 0.288. The molecule has 0 saturated carbocycles. The highest BCUT2D eigenvalue weighted by atomic mass is 32.2. The molecule has 5 aromatic rings. The molecular weight excluding hydrogens is 496 g/mol. The number of piperazine rings is 1. The minimum Gasteiger partial charge on any atom is -0.491 e. The lowest BCUT2D eigenvalue weighted by Gasteiger charge is -2.36. The van der Waals surface area contributed by atoms with E-state index in [0.29, 0.717) is 34.2 Å². The van der Waals surface area contributed by atoms with Gasteiger partial charge in [0.1, 0.15) is 29.2 Å². The maximum atomic E-state index is 13.6. The molecule has 12 nitrogen and oxygen atoms in total. The first kappa shape index (κ1) is 23.5. The van der Waals surface area contributed by atoms with Crippen molar-refractivity contribution in [1.82, 2.24) is 29.0 Å². The second-order valence-corrected chi connectivity index (χ2v) is 10.4. The molecule has 0 aliphatic carbocycles. The van der Waals surface area contributed by atoms with Crippen LogP contribution in [-0.4, -0.2) is 80.1 Å². The van der Waals surface area contributed by atoms with Gasteiger partial charge in [-0.3, -0.25) is 4.90 Å². The highest BCUT2D eigenvalue weighted by Crippen LogP contribution is 2.37. The summed E-state index contributed by atoms with van der Waals surface area (Å²) in [6, 6.07) is 11.5. The molecule has 5 heterocycles. The first-order valence-electron chi connectivity index (χ1n) is 12.0. The Hall–Kier alpha value is -3.94. The van der Waals surface area contributed by atoms with Crippen LogP contribution in [0.3, 0.4) is 0 Å². The van der Waals surface area contributed by atoms with Crippen molar-refractivity contribution in [2.45, 2.75) is 6.54 Å². The fourth-order valence-electron chi connectivity index (χ4n) is 4.69. The number of furan rings is 1. The van der Waals surface area contributed by atoms with Crippen LogP contribution in [0.1, 0.15) is 0 Å². The van der Waals surface area contributed by atoms with Crippen molar-refractivity contribution in [2.75, 3.05) is 56.6 Å². The molecule has 13 heteroatoms. The van der Waals surface area contributed by atoms with Crippen LogP contribution in [-0.2, 0) is 6.54 Å². The van der Waals surface area contributed by atoms with Crippen molar-refractivity contribution in [3.8, 4) is 10.8 Å². The Morgan fingerprint density at radius 1 is 1.11 bits per heavy atom. The minimum absolute atomic E-state index is 0.0123. The van der Waals surface area contributed by atoms with Crippen LogP contribution < -0.4 is 20.2 Å². The van der Waals surface area contributed by atoms with E-state index in [4.69, 9.17) is 20.0 Å². The first-order valence-corrected chi connectivity index (χ1v) is 13.3. The summed E-state index contributed by atoms with van der Waals surface area (Å²) < 4.78 is 15.1. The lowest BCUT2D eigenvalue weighted by molar-refractivity contribution is 0.201. The van der Waals surface area contributed by atoms with Gasteiger partial charge in [0, 0.05) is 57.1 Å². The molecular formula is C24H27N8O4S+. The van der Waals surface area contributed by atoms with E-state index in [1.807, 2.05) is 18.2 Å². The molecule has 4 aromatic heterocycles. The molecule has 1 unspecified atom stereocenters. The molecule has 3 N–H and O–H groups in total. The number of rotatable bonds is 8. The van der Waals surface area contributed by atoms with Crippen molar-refractivity contribution in [3.05, 3.63) is 58.7 Å². The zero-order chi connectivity index (χ0) is 25.4. The summed E-state index contributed by atoms with van der Waals surface area (Å²) in [4.78, 5) is 27.1. The standard InChI is InChI=1S/C24H27N8O4S/c25-23-28-22-20(21-26-16-27-32(21)23)37(19-5-2-13-36-19)24(34)31(22)11-8-29-6-9-30(10-7-29)17-3-1-4-18(15-17)35-14-12-33/h1-5,13,15-16,33H,6-12,14H2,(H2,25,28)/q+1. The third kappa shape index (κ3) is 4.30. The van der Waals surface area contributed by atoms with Gasteiger partial charge in [0.15, 0.2) is 0 Å². The van der Waals surface area contributed by atoms with Crippen LogP contribution in [0.4, 0.5) is 11.6 Å². The third-order valence-corrected chi connectivity index (χ3v) is 8.48. The predicted octanol–water partition coefficient (Wildman–Crippen LogP) is 1.55. The molecule has 0 spiro atoms. The number of aliphatic hydroxyl groups is 1. The van der Waals surface area contributed by atoms with Gasteiger partial charge in [-0.1, -0.05) is 6.07 Å². The number of nitrogen functional groups attached to an aromatic ring is 1. The number of fused-ring (bicyclic) bond motifs is 3. The van der Waals surface area contributed by atoms with E-state index in [1.54, 1.807) is 23.0 Å². The van der Waals surface area contributed by atoms with Gasteiger partial charge >= 0.3 is 9.97 Å². The summed E-state index contributed by atoms with van der Waals surface area (Å²) >= 11 is 0. The maximum Gasteiger partial charge on any atom is 0.468 e. The lowest BCUT2D eigenvalue weighted by atomic mass is 10.2. The fourth-order valence-corrected chi connectivity index (χ4v) is 6.66. The van der Waals surface area contributed by atoms with Gasteiger partial charge in [-0.15, -0.1) is 0 Å². The number of thiazole rings is 1. The molecule has 192 valence electrons. The van der Waals surface area contributed by atoms with E-state index in [0.717, 1.165) is 37.6 Å². The van der Waals surface area contributed by atoms with Crippen molar-refractivity contribution in [2.24, 2.45) is 0 Å². The van der Waals surface area contributed by atoms with Gasteiger partial charge < -0.3 is 24.9 Å². The molecule has 1 aliphatic rings. The van der Waals surface area contributed by atoms with Gasteiger partial charge in [0.2, 0.25) is 17.2 Å². The van der Waals surface area contributed by atoms with Gasteiger partial charge in [-0.05, 0) is 18.2 Å². The second kappa shape index (κ2) is 9.84. The highest BCUT2D eigenvalue weighted by molar-refractivity contribution is 7.43. The highest BCUT2D eigenvalue weighted by Gasteiger charge is 2.34. The molecule has 37 heavy (non-hydrogen) atoms. The summed E-state index contributed by atoms with van der Waals surface area (Å²) in [5.41, 5.74) is 8.30. The summed E-state index contributed by atoms with van der Waals surface area (Å²) in [6.45, 7) is 4.89. The van der Waals surface area contributed by atoms with Crippen molar-refractivity contribution >= 4 is 38.1 Å². The Morgan fingerprint density at radius 3 is 2.76 bits per heavy atom. The van der Waals surface area contributed by atoms with Gasteiger partial charge in [-0.2, -0.15) is 14.6 Å². The number of hydrogen-bond acceptors (Lipinski definition) is 10. The van der Waals surface area contributed by atoms with E-state index in [-0.39, 0.29) is 24.0 Å². The molecule has 1 atom stereocenters. The number of anilines is 2. The lowest BCUT2D eigenvalue weighted by Crippen LogP contribution is -2.47. The number of ether oxygens (including phenoxy) is 1. The Morgan fingerprint density at radius 2 is 1.97 bits per heavy atom. The van der Waals surface area contributed by atoms with Crippen molar-refractivity contribution in [3.63, 3.8) is 0 Å². The fraction of sp³-hybridized carbons (Fsp3) is 0.333. The zero-order valence-corrected chi connectivity index (χ0v) is 20.9. The summed E-state index contributed by atoms with van der Waals surface area (Å²) in [5.74, 6) is 0.938. The largest absolute Gasteiger partial charge is 0.491 e. The monoisotopic (exact) mass is 523 g/mol. The van der Waals surface area contributed by atoms with Crippen molar-refractivity contribution in [1.29, 1.82) is 0 Å². The van der Waals surface area contributed by atoms with Crippen LogP contribution in [0, 0.1) is 0 Å². The third-order valence-electron chi connectivity index (χ3n) is 6.50. The number of aliphatic hydroxyl groups excluding tert-OH is 1. The van der Waals surface area contributed by atoms with Gasteiger partial charge in [0.05, 0.1) is 12.9 Å². The number of hydrogen-bond donors (Lipinski definition) is 2. The molecule has 0 amide bonds. The molecule has 1 aliphatic heterocycles. The SMILES string of the molecule is Nc1nc2c(c3ncnn13)[s+](-c1ccco1)c(=O)n2CCN1CCN(c2cccc(OCCO)c2)CC1. The van der Waals surface area contributed by atoms with E-state index < -0.39 is 10.5 Å². The molecule has 1 aromatic carbocycles. The Labute approximate surface area is 214 Å². The van der Waals surface area contributed by atoms with Crippen molar-refractivity contribution < 1.29 is 14.3 Å². The second-order valence-electron chi connectivity index (χ2n) is 8.67. The normalized spacial score (nSPS) is 15.2. The van der Waals surface area contributed by atoms with Crippen LogP contribution >= 0.6 is 10.5 Å². The van der Waals surface area contributed by atoms with Gasteiger partial charge in [0.25, 0.3) is 4.70 Å². The summed E-state index contributed by atoms with van der Waals surface area (Å²) in [5, 5.41) is 13.7. The van der Waals surface area contributed by atoms with Gasteiger partial charge in [-0.25, -0.2) is 14.3 Å². The maximum absolute atomic E-state index is 13.6. The number of nitrogens with two attached hydrogens (primary N) is 1. The van der Waals surface area contributed by atoms with Crippen LogP contribution in [0.15, 0.2) is 58.2 Å². The van der Waals surface area contributed by atoms with E-state index in [1.165, 1.54) is 10.8 Å². The molecule has 1 saturated heterocycles. The molecule has 1 fully saturated rings. The van der Waals surface area contributed by atoms with E-state index in [2.05, 4.69) is 30.9 Å². The molecule has 0 bridgehead atoms. The average Bonchev–Trinajstić information content (AvgIpc) is 3.67. The Balaban J connectivity index is 1.21. The minimum atomic E-state index is -0.988. The Bertz CT molecular complexity index is 1580. The summed E-state index contributed by atoms with van der Waals surface area (Å²) in [7, 11) is -0.988. The number of nitrogens with zero attached hydrogens (tertiary/aromatic N) is 7. The molecule has 0 radical (unpaired) electrons. The number of benzene rings is 1. The molecule has 6 rings (SSSR count). The topological polar surface area (TPSA) is 140 Å². The smallest absolute Gasteiger partial charge is 0.468 e. The Kier molecular flexibility index (Phi) is 6.24. The first-order chi connectivity index (χ1) is 18.1. The number of aromatic nitrogens is 5. The van der Waals surface area contributed by atoms with E-state index >= 15 is 0 Å². The van der Waals surface area contributed by atoms with E-state index in [9.17, 15) is 4.79 Å². The van der Waals surface area contributed by atoms with Crippen LogP contribution in [0.2, 0.25) is 0 Å². The average molecular weight is 524 g/mol. The zero-order valence-electron chi connectivity index (χ0n) is 20.1. The van der Waals surface area contributed by atoms with Crippen LogP contribution in [0.5, 0.6) is 5.75 Å². The summed E-state index contributed by atoms with van der Waals surface area (Å²) in [6.07, 6.45) is 2.98. The van der Waals surface area contributed by atoms with Crippen LogP contribution in [0.25, 0.3) is 21.1 Å². The predicted molar refractivity (Wildman–Crippen MR) is 141 cm³/mol.